The molecule has 0 heterocycles. The number of carbonyl (C=O) groups is 2. The Kier molecular flexibility index (Phi) is 6.61. The van der Waals surface area contributed by atoms with E-state index >= 15 is 0 Å². The van der Waals surface area contributed by atoms with Gasteiger partial charge in [0.15, 0.2) is 0 Å². The van der Waals surface area contributed by atoms with Gasteiger partial charge in [0.05, 0.1) is 7.11 Å². The van der Waals surface area contributed by atoms with Crippen LogP contribution in [0.2, 0.25) is 0 Å². The smallest absolute Gasteiger partial charge is 0.329 e. The van der Waals surface area contributed by atoms with Crippen LogP contribution in [0.3, 0.4) is 0 Å². The lowest BCUT2D eigenvalue weighted by Crippen LogP contribution is -2.44. The molecule has 1 aromatic carbocycles. The average Bonchev–Trinajstić information content (AvgIpc) is 2.44. The highest BCUT2D eigenvalue weighted by Crippen LogP contribution is 2.15. The summed E-state index contributed by atoms with van der Waals surface area (Å²) in [7, 11) is 1.54. The molecule has 5 nitrogen and oxygen atoms in total. The zero-order valence-corrected chi connectivity index (χ0v) is 14.8. The van der Waals surface area contributed by atoms with Crippen molar-refractivity contribution in [2.24, 2.45) is 5.92 Å². The number of methoxy groups -OCH3 is 1. The van der Waals surface area contributed by atoms with Gasteiger partial charge in [-0.2, -0.15) is 0 Å². The Labute approximate surface area is 138 Å². The summed E-state index contributed by atoms with van der Waals surface area (Å²) >= 11 is 0. The molecule has 23 heavy (non-hydrogen) atoms. The summed E-state index contributed by atoms with van der Waals surface area (Å²) in [6, 6.07) is 6.14. The predicted molar refractivity (Wildman–Crippen MR) is 89.5 cm³/mol. The maximum Gasteiger partial charge on any atom is 0.329 e. The van der Waals surface area contributed by atoms with E-state index in [1.165, 1.54) is 0 Å². The van der Waals surface area contributed by atoms with Crippen molar-refractivity contribution in [2.45, 2.75) is 52.7 Å². The van der Waals surface area contributed by atoms with Crippen LogP contribution in [0.4, 0.5) is 0 Å². The monoisotopic (exact) mass is 321 g/mol. The fourth-order valence-electron chi connectivity index (χ4n) is 2.06. The van der Waals surface area contributed by atoms with Gasteiger partial charge in [-0.25, -0.2) is 4.79 Å². The molecule has 1 amide bonds. The summed E-state index contributed by atoms with van der Waals surface area (Å²) in [5, 5.41) is 2.77. The molecule has 0 fully saturated rings. The van der Waals surface area contributed by atoms with Crippen molar-refractivity contribution in [1.82, 2.24) is 5.32 Å². The first-order chi connectivity index (χ1) is 10.6. The molecule has 128 valence electrons. The normalized spacial score (nSPS) is 12.7. The Morgan fingerprint density at radius 2 is 1.87 bits per heavy atom. The van der Waals surface area contributed by atoms with Crippen LogP contribution in [0.5, 0.6) is 5.75 Å². The quantitative estimate of drug-likeness (QED) is 0.817. The molecule has 1 N–H and O–H groups in total. The van der Waals surface area contributed by atoms with Gasteiger partial charge in [-0.3, -0.25) is 4.79 Å². The number of esters is 1. The lowest BCUT2D eigenvalue weighted by Gasteiger charge is -2.25. The fourth-order valence-corrected chi connectivity index (χ4v) is 2.06. The number of hydrogen-bond acceptors (Lipinski definition) is 4. The van der Waals surface area contributed by atoms with E-state index in [0.29, 0.717) is 17.7 Å². The molecule has 1 unspecified atom stereocenters. The number of benzene rings is 1. The third-order valence-corrected chi connectivity index (χ3v) is 3.04. The van der Waals surface area contributed by atoms with Gasteiger partial charge >= 0.3 is 5.97 Å². The molecule has 0 bridgehead atoms. The second-order valence-corrected chi connectivity index (χ2v) is 6.92. The number of rotatable bonds is 6. The molecule has 0 aliphatic rings. The van der Waals surface area contributed by atoms with Gasteiger partial charge in [0.25, 0.3) is 5.91 Å². The van der Waals surface area contributed by atoms with Crippen LogP contribution in [-0.2, 0) is 9.53 Å². The lowest BCUT2D eigenvalue weighted by atomic mass is 10.0. The van der Waals surface area contributed by atoms with Crippen LogP contribution < -0.4 is 10.1 Å². The summed E-state index contributed by atoms with van der Waals surface area (Å²) in [5.41, 5.74) is -0.144. The summed E-state index contributed by atoms with van der Waals surface area (Å²) in [4.78, 5) is 24.7. The molecule has 1 rings (SSSR count). The Morgan fingerprint density at radius 1 is 1.22 bits per heavy atom. The molecule has 0 saturated heterocycles. The number of carbonyl (C=O) groups excluding carboxylic acids is 2. The second kappa shape index (κ2) is 7.99. The van der Waals surface area contributed by atoms with Gasteiger partial charge < -0.3 is 14.8 Å². The van der Waals surface area contributed by atoms with E-state index in [1.54, 1.807) is 52.1 Å². The highest BCUT2D eigenvalue weighted by Gasteiger charge is 2.27. The minimum atomic E-state index is -0.673. The standard InChI is InChI=1S/C18H27NO4/c1-12(2)10-15(17(21)23-18(3,4)5)19-16(20)13-8-7-9-14(11-13)22-6/h7-9,11-12,15H,10H2,1-6H3,(H,19,20). The molecule has 0 saturated carbocycles. The molecule has 0 aliphatic heterocycles. The van der Waals surface area contributed by atoms with E-state index in [4.69, 9.17) is 9.47 Å². The van der Waals surface area contributed by atoms with Crippen LogP contribution in [0.1, 0.15) is 51.4 Å². The Hall–Kier alpha value is -2.04. The van der Waals surface area contributed by atoms with Crippen LogP contribution in [0.25, 0.3) is 0 Å². The van der Waals surface area contributed by atoms with Gasteiger partial charge in [-0.05, 0) is 51.3 Å². The number of hydrogen-bond donors (Lipinski definition) is 1. The predicted octanol–water partition coefficient (Wildman–Crippen LogP) is 3.18. The maximum atomic E-state index is 12.4. The molecule has 5 heteroatoms. The maximum absolute atomic E-state index is 12.4. The highest BCUT2D eigenvalue weighted by molar-refractivity contribution is 5.97. The Balaban J connectivity index is 2.87. The summed E-state index contributed by atoms with van der Waals surface area (Å²) < 4.78 is 10.5. The van der Waals surface area contributed by atoms with Crippen molar-refractivity contribution >= 4 is 11.9 Å². The van der Waals surface area contributed by atoms with Crippen molar-refractivity contribution in [1.29, 1.82) is 0 Å². The Bertz CT molecular complexity index is 546. The van der Waals surface area contributed by atoms with Crippen molar-refractivity contribution in [3.8, 4) is 5.75 Å². The van der Waals surface area contributed by atoms with E-state index in [0.717, 1.165) is 0 Å². The summed E-state index contributed by atoms with van der Waals surface area (Å²) in [6.07, 6.45) is 0.518. The van der Waals surface area contributed by atoms with Gasteiger partial charge in [0, 0.05) is 5.56 Å². The molecule has 1 aromatic rings. The molecule has 0 radical (unpaired) electrons. The summed E-state index contributed by atoms with van der Waals surface area (Å²) in [6.45, 7) is 9.41. The van der Waals surface area contributed by atoms with Gasteiger partial charge in [-0.15, -0.1) is 0 Å². The van der Waals surface area contributed by atoms with E-state index < -0.39 is 17.6 Å². The third-order valence-electron chi connectivity index (χ3n) is 3.04. The van der Waals surface area contributed by atoms with Crippen molar-refractivity contribution < 1.29 is 19.1 Å². The van der Waals surface area contributed by atoms with Crippen molar-refractivity contribution in [3.05, 3.63) is 29.8 Å². The van der Waals surface area contributed by atoms with Crippen LogP contribution in [-0.4, -0.2) is 30.6 Å². The molecular formula is C18H27NO4. The first-order valence-corrected chi connectivity index (χ1v) is 7.80. The van der Waals surface area contributed by atoms with Gasteiger partial charge in [0.2, 0.25) is 0 Å². The van der Waals surface area contributed by atoms with Crippen LogP contribution in [0.15, 0.2) is 24.3 Å². The zero-order chi connectivity index (χ0) is 17.6. The second-order valence-electron chi connectivity index (χ2n) is 6.92. The minimum Gasteiger partial charge on any atom is -0.497 e. The number of ether oxygens (including phenoxy) is 2. The Morgan fingerprint density at radius 3 is 2.39 bits per heavy atom. The molecule has 1 atom stereocenters. The third kappa shape index (κ3) is 6.72. The van der Waals surface area contributed by atoms with Crippen molar-refractivity contribution in [2.75, 3.05) is 7.11 Å². The van der Waals surface area contributed by atoms with E-state index in [-0.39, 0.29) is 11.8 Å². The lowest BCUT2D eigenvalue weighted by molar-refractivity contribution is -0.157. The average molecular weight is 321 g/mol. The summed E-state index contributed by atoms with van der Waals surface area (Å²) in [5.74, 6) is 0.108. The number of amides is 1. The highest BCUT2D eigenvalue weighted by atomic mass is 16.6. The number of nitrogens with one attached hydrogen (secondary N) is 1. The van der Waals surface area contributed by atoms with Crippen LogP contribution >= 0.6 is 0 Å². The van der Waals surface area contributed by atoms with Gasteiger partial charge in [-0.1, -0.05) is 19.9 Å². The first kappa shape index (κ1) is 19.0. The zero-order valence-electron chi connectivity index (χ0n) is 14.8. The topological polar surface area (TPSA) is 64.6 Å². The SMILES string of the molecule is COc1cccc(C(=O)NC(CC(C)C)C(=O)OC(C)(C)C)c1. The van der Waals surface area contributed by atoms with E-state index in [9.17, 15) is 9.59 Å². The van der Waals surface area contributed by atoms with Gasteiger partial charge in [0.1, 0.15) is 17.4 Å². The largest absolute Gasteiger partial charge is 0.497 e. The van der Waals surface area contributed by atoms with E-state index in [2.05, 4.69) is 5.32 Å². The first-order valence-electron chi connectivity index (χ1n) is 7.80. The minimum absolute atomic E-state index is 0.248. The van der Waals surface area contributed by atoms with E-state index in [1.807, 2.05) is 13.8 Å². The molecular weight excluding hydrogens is 294 g/mol. The van der Waals surface area contributed by atoms with Crippen LogP contribution in [0, 0.1) is 5.92 Å². The molecule has 0 aliphatic carbocycles. The molecule has 0 spiro atoms. The fraction of sp³-hybridized carbons (Fsp3) is 0.556. The van der Waals surface area contributed by atoms with Crippen molar-refractivity contribution in [3.63, 3.8) is 0 Å². The molecule has 0 aromatic heterocycles.